The SMILES string of the molecule is OCCc1cccnc1SS. The molecule has 1 aromatic heterocycles. The summed E-state index contributed by atoms with van der Waals surface area (Å²) >= 11 is 4.05. The van der Waals surface area contributed by atoms with Crippen LogP contribution in [-0.2, 0) is 6.42 Å². The molecule has 0 spiro atoms. The first-order chi connectivity index (χ1) is 5.38. The van der Waals surface area contributed by atoms with E-state index >= 15 is 0 Å². The van der Waals surface area contributed by atoms with Crippen LogP contribution in [0.15, 0.2) is 23.4 Å². The van der Waals surface area contributed by atoms with E-state index in [-0.39, 0.29) is 6.61 Å². The van der Waals surface area contributed by atoms with Crippen LogP contribution in [0, 0.1) is 0 Å². The smallest absolute Gasteiger partial charge is 0.110 e. The third-order valence-corrected chi connectivity index (χ3v) is 2.38. The molecular formula is C7H9NOS2. The van der Waals surface area contributed by atoms with E-state index in [4.69, 9.17) is 5.11 Å². The summed E-state index contributed by atoms with van der Waals surface area (Å²) in [5.74, 6) is 0. The fraction of sp³-hybridized carbons (Fsp3) is 0.286. The van der Waals surface area contributed by atoms with E-state index in [1.807, 2.05) is 12.1 Å². The summed E-state index contributed by atoms with van der Waals surface area (Å²) in [6.45, 7) is 0.160. The Labute approximate surface area is 74.9 Å². The van der Waals surface area contributed by atoms with Gasteiger partial charge >= 0.3 is 0 Å². The van der Waals surface area contributed by atoms with E-state index in [0.717, 1.165) is 10.6 Å². The standard InChI is InChI=1S/C7H9NOS2/c9-5-3-6-2-1-4-8-7(6)11-10/h1-2,4,9-10H,3,5H2. The Morgan fingerprint density at radius 1 is 1.64 bits per heavy atom. The highest BCUT2D eigenvalue weighted by Gasteiger charge is 1.99. The Morgan fingerprint density at radius 3 is 3.09 bits per heavy atom. The second-order valence-corrected chi connectivity index (χ2v) is 3.15. The molecule has 2 nitrogen and oxygen atoms in total. The molecule has 0 aliphatic carbocycles. The van der Waals surface area contributed by atoms with Crippen molar-refractivity contribution in [1.82, 2.24) is 4.98 Å². The van der Waals surface area contributed by atoms with Crippen molar-refractivity contribution in [3.8, 4) is 0 Å². The number of aromatic nitrogens is 1. The zero-order valence-electron chi connectivity index (χ0n) is 5.90. The molecule has 4 heteroatoms. The molecule has 1 rings (SSSR count). The van der Waals surface area contributed by atoms with Gasteiger partial charge in [-0.3, -0.25) is 0 Å². The molecule has 1 N–H and O–H groups in total. The number of hydrogen-bond donors (Lipinski definition) is 2. The maximum Gasteiger partial charge on any atom is 0.110 e. The molecule has 0 unspecified atom stereocenters. The molecule has 11 heavy (non-hydrogen) atoms. The lowest BCUT2D eigenvalue weighted by atomic mass is 10.2. The van der Waals surface area contributed by atoms with Crippen LogP contribution < -0.4 is 0 Å². The number of nitrogens with zero attached hydrogens (tertiary/aromatic N) is 1. The molecule has 1 heterocycles. The molecule has 0 fully saturated rings. The van der Waals surface area contributed by atoms with Crippen LogP contribution in [0.1, 0.15) is 5.56 Å². The molecule has 0 amide bonds. The highest BCUT2D eigenvalue weighted by Crippen LogP contribution is 2.22. The van der Waals surface area contributed by atoms with Gasteiger partial charge in [0, 0.05) is 12.8 Å². The average molecular weight is 187 g/mol. The van der Waals surface area contributed by atoms with Crippen LogP contribution in [-0.4, -0.2) is 16.7 Å². The molecule has 0 aliphatic rings. The van der Waals surface area contributed by atoms with Gasteiger partial charge in [0.25, 0.3) is 0 Å². The monoisotopic (exact) mass is 187 g/mol. The van der Waals surface area contributed by atoms with Crippen LogP contribution in [0.3, 0.4) is 0 Å². The molecule has 1 aromatic rings. The summed E-state index contributed by atoms with van der Waals surface area (Å²) in [4.78, 5) is 4.09. The molecule has 0 radical (unpaired) electrons. The lowest BCUT2D eigenvalue weighted by Crippen LogP contribution is -1.93. The Kier molecular flexibility index (Phi) is 3.76. The largest absolute Gasteiger partial charge is 0.396 e. The molecule has 0 saturated heterocycles. The minimum Gasteiger partial charge on any atom is -0.396 e. The minimum absolute atomic E-state index is 0.160. The average Bonchev–Trinajstić information content (AvgIpc) is 2.06. The van der Waals surface area contributed by atoms with Crippen molar-refractivity contribution in [2.75, 3.05) is 6.61 Å². The summed E-state index contributed by atoms with van der Waals surface area (Å²) < 4.78 is 0. The number of aliphatic hydroxyl groups is 1. The van der Waals surface area contributed by atoms with Crippen molar-refractivity contribution in [3.05, 3.63) is 23.9 Å². The zero-order chi connectivity index (χ0) is 8.10. The van der Waals surface area contributed by atoms with Gasteiger partial charge in [-0.1, -0.05) is 6.07 Å². The normalized spacial score (nSPS) is 10.0. The third-order valence-electron chi connectivity index (χ3n) is 1.32. The van der Waals surface area contributed by atoms with E-state index < -0.39 is 0 Å². The summed E-state index contributed by atoms with van der Waals surface area (Å²) in [7, 11) is 1.31. The van der Waals surface area contributed by atoms with Gasteiger partial charge in [-0.25, -0.2) is 4.98 Å². The molecule has 0 aromatic carbocycles. The van der Waals surface area contributed by atoms with Crippen LogP contribution >= 0.6 is 22.5 Å². The predicted molar refractivity (Wildman–Crippen MR) is 49.9 cm³/mol. The summed E-state index contributed by atoms with van der Waals surface area (Å²) in [5.41, 5.74) is 1.05. The number of pyridine rings is 1. The summed E-state index contributed by atoms with van der Waals surface area (Å²) in [6.07, 6.45) is 2.37. The maximum atomic E-state index is 8.68. The second-order valence-electron chi connectivity index (χ2n) is 2.03. The molecule has 0 bridgehead atoms. The van der Waals surface area contributed by atoms with Gasteiger partial charge < -0.3 is 5.11 Å². The second kappa shape index (κ2) is 4.64. The van der Waals surface area contributed by atoms with Crippen molar-refractivity contribution in [2.24, 2.45) is 0 Å². The fourth-order valence-corrected chi connectivity index (χ4v) is 1.71. The molecular weight excluding hydrogens is 178 g/mol. The fourth-order valence-electron chi connectivity index (χ4n) is 0.817. The summed E-state index contributed by atoms with van der Waals surface area (Å²) in [5, 5.41) is 9.56. The van der Waals surface area contributed by atoms with E-state index in [9.17, 15) is 0 Å². The third kappa shape index (κ3) is 2.39. The van der Waals surface area contributed by atoms with Crippen molar-refractivity contribution in [2.45, 2.75) is 11.4 Å². The zero-order valence-corrected chi connectivity index (χ0v) is 7.61. The van der Waals surface area contributed by atoms with E-state index in [1.165, 1.54) is 10.8 Å². The van der Waals surface area contributed by atoms with Crippen molar-refractivity contribution >= 4 is 22.5 Å². The minimum atomic E-state index is 0.160. The topological polar surface area (TPSA) is 33.1 Å². The molecule has 60 valence electrons. The maximum absolute atomic E-state index is 8.68. The lowest BCUT2D eigenvalue weighted by Gasteiger charge is -2.01. The Hall–Kier alpha value is -0.190. The molecule has 0 saturated carbocycles. The summed E-state index contributed by atoms with van der Waals surface area (Å²) in [6, 6.07) is 3.81. The van der Waals surface area contributed by atoms with Gasteiger partial charge in [0.15, 0.2) is 0 Å². The van der Waals surface area contributed by atoms with Crippen molar-refractivity contribution in [1.29, 1.82) is 0 Å². The van der Waals surface area contributed by atoms with Crippen LogP contribution in [0.5, 0.6) is 0 Å². The number of aliphatic hydroxyl groups excluding tert-OH is 1. The number of rotatable bonds is 3. The highest BCUT2D eigenvalue weighted by atomic mass is 33.1. The quantitative estimate of drug-likeness (QED) is 0.556. The Bertz CT molecular complexity index is 229. The van der Waals surface area contributed by atoms with Gasteiger partial charge in [-0.15, -0.1) is 11.7 Å². The first-order valence-corrected chi connectivity index (χ1v) is 5.11. The van der Waals surface area contributed by atoms with E-state index in [0.29, 0.717) is 6.42 Å². The highest BCUT2D eigenvalue weighted by molar-refractivity contribution is 8.68. The van der Waals surface area contributed by atoms with Gasteiger partial charge in [0.2, 0.25) is 0 Å². The number of thiol groups is 1. The van der Waals surface area contributed by atoms with Gasteiger partial charge in [-0.05, 0) is 28.8 Å². The van der Waals surface area contributed by atoms with E-state index in [2.05, 4.69) is 16.6 Å². The Balaban J connectivity index is 2.83. The molecule has 0 aliphatic heterocycles. The van der Waals surface area contributed by atoms with Crippen LogP contribution in [0.25, 0.3) is 0 Å². The Morgan fingerprint density at radius 2 is 2.45 bits per heavy atom. The first kappa shape index (κ1) is 8.90. The van der Waals surface area contributed by atoms with Gasteiger partial charge in [0.05, 0.1) is 0 Å². The molecule has 0 atom stereocenters. The van der Waals surface area contributed by atoms with Crippen LogP contribution in [0.4, 0.5) is 0 Å². The van der Waals surface area contributed by atoms with Crippen molar-refractivity contribution in [3.63, 3.8) is 0 Å². The van der Waals surface area contributed by atoms with Gasteiger partial charge in [0.1, 0.15) is 5.03 Å². The van der Waals surface area contributed by atoms with Crippen LogP contribution in [0.2, 0.25) is 0 Å². The predicted octanol–water partition coefficient (Wildman–Crippen LogP) is 1.55. The first-order valence-electron chi connectivity index (χ1n) is 3.24. The lowest BCUT2D eigenvalue weighted by molar-refractivity contribution is 0.298. The van der Waals surface area contributed by atoms with Gasteiger partial charge in [-0.2, -0.15) is 0 Å². The van der Waals surface area contributed by atoms with Crippen molar-refractivity contribution < 1.29 is 5.11 Å². The number of hydrogen-bond acceptors (Lipinski definition) is 4. The van der Waals surface area contributed by atoms with E-state index in [1.54, 1.807) is 6.20 Å².